The predicted molar refractivity (Wildman–Crippen MR) is 89.7 cm³/mol. The number of carbonyl (C=O) groups excluding carboxylic acids is 1. The molecule has 0 bridgehead atoms. The van der Waals surface area contributed by atoms with E-state index in [1.807, 2.05) is 12.1 Å². The molecule has 3 aromatic rings. The third kappa shape index (κ3) is 3.71. The molecule has 1 N–H and O–H groups in total. The van der Waals surface area contributed by atoms with Gasteiger partial charge in [-0.15, -0.1) is 0 Å². The molecule has 1 saturated carbocycles. The molecule has 0 aromatic carbocycles. The van der Waals surface area contributed by atoms with E-state index in [2.05, 4.69) is 25.6 Å². The van der Waals surface area contributed by atoms with Gasteiger partial charge in [0.05, 0.1) is 6.54 Å². The van der Waals surface area contributed by atoms with Gasteiger partial charge in [-0.25, -0.2) is 4.79 Å². The molecule has 134 valence electrons. The zero-order chi connectivity index (χ0) is 17.9. The van der Waals surface area contributed by atoms with Crippen molar-refractivity contribution >= 4 is 6.03 Å². The van der Waals surface area contributed by atoms with E-state index in [4.69, 9.17) is 9.05 Å². The van der Waals surface area contributed by atoms with Crippen LogP contribution in [0, 0.1) is 0 Å². The first-order valence-electron chi connectivity index (χ1n) is 8.36. The quantitative estimate of drug-likeness (QED) is 0.723. The van der Waals surface area contributed by atoms with Crippen LogP contribution in [0.1, 0.15) is 36.1 Å². The lowest BCUT2D eigenvalue weighted by atomic mass is 10.3. The van der Waals surface area contributed by atoms with E-state index < -0.39 is 0 Å². The number of hydrogen-bond donors (Lipinski definition) is 1. The Balaban J connectivity index is 1.30. The smallest absolute Gasteiger partial charge is 0.317 e. The maximum Gasteiger partial charge on any atom is 0.317 e. The van der Waals surface area contributed by atoms with Crippen LogP contribution in [-0.4, -0.2) is 38.3 Å². The van der Waals surface area contributed by atoms with Crippen LogP contribution in [0.25, 0.3) is 11.4 Å². The van der Waals surface area contributed by atoms with Crippen molar-refractivity contribution in [2.45, 2.75) is 31.8 Å². The minimum Gasteiger partial charge on any atom is -0.361 e. The Bertz CT molecular complexity index is 887. The number of amides is 2. The summed E-state index contributed by atoms with van der Waals surface area (Å²) in [6.45, 7) is 0.509. The predicted octanol–water partition coefficient (Wildman–Crippen LogP) is 2.34. The summed E-state index contributed by atoms with van der Waals surface area (Å²) < 4.78 is 10.5. The Kier molecular flexibility index (Phi) is 4.34. The summed E-state index contributed by atoms with van der Waals surface area (Å²) in [6.07, 6.45) is 5.62. The van der Waals surface area contributed by atoms with E-state index in [9.17, 15) is 4.79 Å². The van der Waals surface area contributed by atoms with Gasteiger partial charge >= 0.3 is 6.03 Å². The van der Waals surface area contributed by atoms with Gasteiger partial charge in [0.15, 0.2) is 0 Å². The van der Waals surface area contributed by atoms with Gasteiger partial charge in [-0.05, 0) is 25.0 Å². The van der Waals surface area contributed by atoms with Crippen LogP contribution in [-0.2, 0) is 13.1 Å². The lowest BCUT2D eigenvalue weighted by Gasteiger charge is -2.14. The molecule has 4 rings (SSSR count). The molecular weight excluding hydrogens is 336 g/mol. The Labute approximate surface area is 149 Å². The summed E-state index contributed by atoms with van der Waals surface area (Å²) in [5.41, 5.74) is 1.47. The molecular formula is C17H18N6O3. The minimum atomic E-state index is -0.262. The standard InChI is InChI=1S/C17H18N6O3/c1-23(10-15-20-16(22-26-15)12-3-2-6-18-8-12)17(24)19-9-13-7-14(25-21-13)11-4-5-11/h2-3,6-8,11H,4-5,9-10H2,1H3,(H,19,24). The summed E-state index contributed by atoms with van der Waals surface area (Å²) in [7, 11) is 1.65. The van der Waals surface area contributed by atoms with E-state index in [1.165, 1.54) is 4.90 Å². The van der Waals surface area contributed by atoms with Crippen molar-refractivity contribution in [2.24, 2.45) is 0 Å². The highest BCUT2D eigenvalue weighted by atomic mass is 16.5. The van der Waals surface area contributed by atoms with Crippen molar-refractivity contribution in [2.75, 3.05) is 7.05 Å². The zero-order valence-electron chi connectivity index (χ0n) is 14.3. The molecule has 1 fully saturated rings. The highest BCUT2D eigenvalue weighted by Gasteiger charge is 2.27. The molecule has 1 aliphatic carbocycles. The van der Waals surface area contributed by atoms with E-state index in [-0.39, 0.29) is 12.6 Å². The first-order chi connectivity index (χ1) is 12.7. The maximum atomic E-state index is 12.2. The number of rotatable bonds is 6. The first-order valence-corrected chi connectivity index (χ1v) is 8.36. The number of carbonyl (C=O) groups is 1. The largest absolute Gasteiger partial charge is 0.361 e. The van der Waals surface area contributed by atoms with Crippen molar-refractivity contribution in [1.29, 1.82) is 0 Å². The number of aromatic nitrogens is 4. The number of hydrogen-bond acceptors (Lipinski definition) is 7. The third-order valence-electron chi connectivity index (χ3n) is 4.08. The topological polar surface area (TPSA) is 110 Å². The Morgan fingerprint density at radius 1 is 1.35 bits per heavy atom. The molecule has 9 heteroatoms. The Morgan fingerprint density at radius 3 is 3.00 bits per heavy atom. The summed E-state index contributed by atoms with van der Waals surface area (Å²) in [4.78, 5) is 22.0. The number of nitrogens with one attached hydrogen (secondary N) is 1. The Morgan fingerprint density at radius 2 is 2.23 bits per heavy atom. The maximum absolute atomic E-state index is 12.2. The molecule has 0 spiro atoms. The molecule has 0 radical (unpaired) electrons. The fraction of sp³-hybridized carbons (Fsp3) is 0.353. The molecule has 0 saturated heterocycles. The highest BCUT2D eigenvalue weighted by Crippen LogP contribution is 2.40. The molecule has 2 amide bonds. The fourth-order valence-electron chi connectivity index (χ4n) is 2.48. The molecule has 0 atom stereocenters. The lowest BCUT2D eigenvalue weighted by Crippen LogP contribution is -2.36. The normalized spacial score (nSPS) is 13.6. The van der Waals surface area contributed by atoms with Gasteiger partial charge in [-0.1, -0.05) is 10.3 Å². The van der Waals surface area contributed by atoms with Gasteiger partial charge in [-0.2, -0.15) is 4.98 Å². The number of pyridine rings is 1. The summed E-state index contributed by atoms with van der Waals surface area (Å²) in [6, 6.07) is 5.27. The SMILES string of the molecule is CN(Cc1nc(-c2cccnc2)no1)C(=O)NCc1cc(C2CC2)on1. The van der Waals surface area contributed by atoms with Crippen LogP contribution in [0.5, 0.6) is 0 Å². The average Bonchev–Trinajstić information content (AvgIpc) is 3.23. The summed E-state index contributed by atoms with van der Waals surface area (Å²) in [5, 5.41) is 10.7. The second-order valence-electron chi connectivity index (χ2n) is 6.26. The van der Waals surface area contributed by atoms with Crippen molar-refractivity contribution in [1.82, 2.24) is 30.5 Å². The van der Waals surface area contributed by atoms with Gasteiger partial charge in [-0.3, -0.25) is 4.98 Å². The summed E-state index contributed by atoms with van der Waals surface area (Å²) in [5.74, 6) is 2.19. The van der Waals surface area contributed by atoms with Gasteiger partial charge in [0.2, 0.25) is 11.7 Å². The van der Waals surface area contributed by atoms with E-state index in [0.717, 1.165) is 24.2 Å². The van der Waals surface area contributed by atoms with E-state index in [1.54, 1.807) is 25.5 Å². The van der Waals surface area contributed by atoms with Crippen LogP contribution >= 0.6 is 0 Å². The zero-order valence-corrected chi connectivity index (χ0v) is 14.3. The Hall–Kier alpha value is -3.23. The van der Waals surface area contributed by atoms with Gasteiger partial charge in [0.25, 0.3) is 0 Å². The van der Waals surface area contributed by atoms with Crippen LogP contribution in [0.4, 0.5) is 4.79 Å². The molecule has 1 aliphatic rings. The van der Waals surface area contributed by atoms with Crippen LogP contribution in [0.3, 0.4) is 0 Å². The van der Waals surface area contributed by atoms with Gasteiger partial charge in [0.1, 0.15) is 18.0 Å². The number of urea groups is 1. The van der Waals surface area contributed by atoms with Gasteiger partial charge < -0.3 is 19.3 Å². The molecule has 0 aliphatic heterocycles. The van der Waals surface area contributed by atoms with Crippen molar-refractivity contribution in [3.05, 3.63) is 47.9 Å². The molecule has 3 heterocycles. The van der Waals surface area contributed by atoms with Crippen molar-refractivity contribution < 1.29 is 13.8 Å². The first kappa shape index (κ1) is 16.2. The second-order valence-corrected chi connectivity index (χ2v) is 6.26. The minimum absolute atomic E-state index is 0.200. The fourth-order valence-corrected chi connectivity index (χ4v) is 2.48. The van der Waals surface area contributed by atoms with Crippen LogP contribution < -0.4 is 5.32 Å². The molecule has 3 aromatic heterocycles. The van der Waals surface area contributed by atoms with Crippen molar-refractivity contribution in [3.8, 4) is 11.4 Å². The average molecular weight is 354 g/mol. The highest BCUT2D eigenvalue weighted by molar-refractivity contribution is 5.73. The van der Waals surface area contributed by atoms with Gasteiger partial charge in [0, 0.05) is 37.0 Å². The van der Waals surface area contributed by atoms with Crippen molar-refractivity contribution in [3.63, 3.8) is 0 Å². The van der Waals surface area contributed by atoms with E-state index >= 15 is 0 Å². The lowest BCUT2D eigenvalue weighted by molar-refractivity contribution is 0.199. The molecule has 26 heavy (non-hydrogen) atoms. The van der Waals surface area contributed by atoms with E-state index in [0.29, 0.717) is 29.9 Å². The number of nitrogens with zero attached hydrogens (tertiary/aromatic N) is 5. The van der Waals surface area contributed by atoms with Crippen LogP contribution in [0.15, 0.2) is 39.6 Å². The monoisotopic (exact) mass is 354 g/mol. The molecule has 9 nitrogen and oxygen atoms in total. The van der Waals surface area contributed by atoms with Crippen LogP contribution in [0.2, 0.25) is 0 Å². The third-order valence-corrected chi connectivity index (χ3v) is 4.08. The summed E-state index contributed by atoms with van der Waals surface area (Å²) >= 11 is 0. The molecule has 0 unspecified atom stereocenters. The second kappa shape index (κ2) is 6.95.